The van der Waals surface area contributed by atoms with Gasteiger partial charge < -0.3 is 15.2 Å². The first kappa shape index (κ1) is 11.9. The minimum Gasteiger partial charge on any atom is -0.478 e. The van der Waals surface area contributed by atoms with Gasteiger partial charge in [0.05, 0.1) is 23.6 Å². The van der Waals surface area contributed by atoms with Crippen LogP contribution in [0.3, 0.4) is 0 Å². The summed E-state index contributed by atoms with van der Waals surface area (Å²) >= 11 is 0. The molecule has 5 heteroatoms. The van der Waals surface area contributed by atoms with E-state index >= 15 is 0 Å². The lowest BCUT2D eigenvalue weighted by atomic mass is 10.1. The van der Waals surface area contributed by atoms with E-state index in [0.29, 0.717) is 12.2 Å². The number of carboxylic acid groups (broad SMARTS) is 1. The molecule has 1 saturated heterocycles. The first-order chi connectivity index (χ1) is 8.27. The predicted octanol–water partition coefficient (Wildman–Crippen LogP) is 1.76. The maximum Gasteiger partial charge on any atom is 0.337 e. The molecule has 0 spiro atoms. The number of nitrogens with one attached hydrogen (secondary N) is 1. The second-order valence-corrected chi connectivity index (χ2v) is 4.10. The van der Waals surface area contributed by atoms with E-state index in [1.807, 2.05) is 0 Å². The lowest BCUT2D eigenvalue weighted by Gasteiger charge is -2.23. The van der Waals surface area contributed by atoms with Gasteiger partial charge >= 0.3 is 5.97 Å². The number of aromatic carboxylic acids is 1. The van der Waals surface area contributed by atoms with Crippen LogP contribution in [0.4, 0.5) is 5.69 Å². The molecule has 1 fully saturated rings. The van der Waals surface area contributed by atoms with Crippen molar-refractivity contribution < 1.29 is 14.6 Å². The van der Waals surface area contributed by atoms with E-state index in [1.165, 1.54) is 24.9 Å². The van der Waals surface area contributed by atoms with Crippen molar-refractivity contribution in [1.82, 2.24) is 4.98 Å². The van der Waals surface area contributed by atoms with Gasteiger partial charge in [0.2, 0.25) is 0 Å². The zero-order chi connectivity index (χ0) is 12.1. The Balaban J connectivity index is 1.96. The lowest BCUT2D eigenvalue weighted by molar-refractivity contribution is 0.0247. The normalized spacial score (nSPS) is 19.9. The number of pyridine rings is 1. The highest BCUT2D eigenvalue weighted by molar-refractivity contribution is 5.93. The van der Waals surface area contributed by atoms with E-state index in [4.69, 9.17) is 9.84 Å². The summed E-state index contributed by atoms with van der Waals surface area (Å²) in [6, 6.07) is 1.49. The van der Waals surface area contributed by atoms with E-state index in [2.05, 4.69) is 10.3 Å². The molecule has 0 bridgehead atoms. The van der Waals surface area contributed by atoms with Gasteiger partial charge in [-0.05, 0) is 25.3 Å². The maximum atomic E-state index is 11.0. The SMILES string of the molecule is O=C(O)c1ccncc1NC[C@H]1CCCCO1. The lowest BCUT2D eigenvalue weighted by Crippen LogP contribution is -2.27. The minimum atomic E-state index is -0.945. The van der Waals surface area contributed by atoms with Crippen LogP contribution in [-0.4, -0.2) is 35.3 Å². The standard InChI is InChI=1S/C12H16N2O3/c15-12(16)10-4-5-13-8-11(10)14-7-9-3-1-2-6-17-9/h4-5,8-9,14H,1-3,6-7H2,(H,15,16)/t9-/m1/s1. The fourth-order valence-corrected chi connectivity index (χ4v) is 1.91. The number of rotatable bonds is 4. The molecular weight excluding hydrogens is 220 g/mol. The summed E-state index contributed by atoms with van der Waals surface area (Å²) < 4.78 is 5.57. The number of carboxylic acids is 1. The Morgan fingerprint density at radius 1 is 1.59 bits per heavy atom. The Bertz CT molecular complexity index is 389. The molecule has 1 atom stereocenters. The molecule has 1 aromatic heterocycles. The molecule has 2 N–H and O–H groups in total. The van der Waals surface area contributed by atoms with Crippen LogP contribution in [0.15, 0.2) is 18.5 Å². The van der Waals surface area contributed by atoms with Crippen LogP contribution in [0, 0.1) is 0 Å². The molecule has 0 saturated carbocycles. The fraction of sp³-hybridized carbons (Fsp3) is 0.500. The van der Waals surface area contributed by atoms with Gasteiger partial charge in [-0.2, -0.15) is 0 Å². The summed E-state index contributed by atoms with van der Waals surface area (Å²) in [6.07, 6.45) is 6.49. The summed E-state index contributed by atoms with van der Waals surface area (Å²) in [5.74, 6) is -0.945. The molecule has 5 nitrogen and oxygen atoms in total. The van der Waals surface area contributed by atoms with E-state index in [0.717, 1.165) is 19.4 Å². The number of ether oxygens (including phenoxy) is 1. The highest BCUT2D eigenvalue weighted by Gasteiger charge is 2.15. The van der Waals surface area contributed by atoms with Crippen LogP contribution >= 0.6 is 0 Å². The van der Waals surface area contributed by atoms with Crippen LogP contribution in [-0.2, 0) is 4.74 Å². The van der Waals surface area contributed by atoms with E-state index in [1.54, 1.807) is 0 Å². The number of hydrogen-bond acceptors (Lipinski definition) is 4. The Labute approximate surface area is 99.8 Å². The molecule has 92 valence electrons. The summed E-state index contributed by atoms with van der Waals surface area (Å²) in [4.78, 5) is 14.9. The number of anilines is 1. The van der Waals surface area contributed by atoms with Crippen molar-refractivity contribution in [2.24, 2.45) is 0 Å². The van der Waals surface area contributed by atoms with Gasteiger partial charge in [0.15, 0.2) is 0 Å². The highest BCUT2D eigenvalue weighted by atomic mass is 16.5. The molecule has 2 heterocycles. The van der Waals surface area contributed by atoms with E-state index in [9.17, 15) is 4.79 Å². The largest absolute Gasteiger partial charge is 0.478 e. The Morgan fingerprint density at radius 2 is 2.47 bits per heavy atom. The van der Waals surface area contributed by atoms with Gasteiger partial charge in [-0.25, -0.2) is 4.79 Å². The Hall–Kier alpha value is -1.62. The van der Waals surface area contributed by atoms with Gasteiger partial charge in [0.1, 0.15) is 0 Å². The van der Waals surface area contributed by atoms with Crippen molar-refractivity contribution in [3.8, 4) is 0 Å². The van der Waals surface area contributed by atoms with Crippen molar-refractivity contribution in [3.63, 3.8) is 0 Å². The molecule has 0 unspecified atom stereocenters. The van der Waals surface area contributed by atoms with Crippen molar-refractivity contribution in [2.75, 3.05) is 18.5 Å². The summed E-state index contributed by atoms with van der Waals surface area (Å²) in [5.41, 5.74) is 0.796. The number of nitrogens with zero attached hydrogens (tertiary/aromatic N) is 1. The van der Waals surface area contributed by atoms with E-state index < -0.39 is 5.97 Å². The smallest absolute Gasteiger partial charge is 0.337 e. The fourth-order valence-electron chi connectivity index (χ4n) is 1.91. The molecule has 1 aromatic rings. The van der Waals surface area contributed by atoms with Crippen molar-refractivity contribution in [1.29, 1.82) is 0 Å². The average Bonchev–Trinajstić information content (AvgIpc) is 2.38. The quantitative estimate of drug-likeness (QED) is 0.833. The van der Waals surface area contributed by atoms with E-state index in [-0.39, 0.29) is 11.7 Å². The maximum absolute atomic E-state index is 11.0. The van der Waals surface area contributed by atoms with Crippen molar-refractivity contribution >= 4 is 11.7 Å². The van der Waals surface area contributed by atoms with Crippen LogP contribution < -0.4 is 5.32 Å². The van der Waals surface area contributed by atoms with Crippen LogP contribution in [0.1, 0.15) is 29.6 Å². The molecule has 17 heavy (non-hydrogen) atoms. The topological polar surface area (TPSA) is 71.5 Å². The highest BCUT2D eigenvalue weighted by Crippen LogP contribution is 2.16. The number of hydrogen-bond donors (Lipinski definition) is 2. The Kier molecular flexibility index (Phi) is 3.93. The number of aromatic nitrogens is 1. The summed E-state index contributed by atoms with van der Waals surface area (Å²) in [7, 11) is 0. The van der Waals surface area contributed by atoms with Crippen LogP contribution in [0.2, 0.25) is 0 Å². The third-order valence-corrected chi connectivity index (χ3v) is 2.85. The Morgan fingerprint density at radius 3 is 3.18 bits per heavy atom. The zero-order valence-electron chi connectivity index (χ0n) is 9.56. The molecule has 1 aliphatic rings. The second-order valence-electron chi connectivity index (χ2n) is 4.10. The molecule has 0 amide bonds. The van der Waals surface area contributed by atoms with Gasteiger partial charge in [-0.1, -0.05) is 0 Å². The average molecular weight is 236 g/mol. The first-order valence-electron chi connectivity index (χ1n) is 5.80. The van der Waals surface area contributed by atoms with Gasteiger partial charge in [0, 0.05) is 19.3 Å². The van der Waals surface area contributed by atoms with Gasteiger partial charge in [-0.3, -0.25) is 4.98 Å². The monoisotopic (exact) mass is 236 g/mol. The first-order valence-corrected chi connectivity index (χ1v) is 5.80. The third-order valence-electron chi connectivity index (χ3n) is 2.85. The third kappa shape index (κ3) is 3.17. The molecule has 2 rings (SSSR count). The molecule has 1 aliphatic heterocycles. The van der Waals surface area contributed by atoms with Gasteiger partial charge in [-0.15, -0.1) is 0 Å². The van der Waals surface area contributed by atoms with Gasteiger partial charge in [0.25, 0.3) is 0 Å². The summed E-state index contributed by atoms with van der Waals surface area (Å²) in [6.45, 7) is 1.43. The van der Waals surface area contributed by atoms with Crippen LogP contribution in [0.25, 0.3) is 0 Å². The molecular formula is C12H16N2O3. The molecule has 0 aromatic carbocycles. The molecule has 0 radical (unpaired) electrons. The van der Waals surface area contributed by atoms with Crippen molar-refractivity contribution in [3.05, 3.63) is 24.0 Å². The summed E-state index contributed by atoms with van der Waals surface area (Å²) in [5, 5.41) is 12.1. The number of carbonyl (C=O) groups is 1. The predicted molar refractivity (Wildman–Crippen MR) is 63.3 cm³/mol. The van der Waals surface area contributed by atoms with Crippen LogP contribution in [0.5, 0.6) is 0 Å². The molecule has 0 aliphatic carbocycles. The van der Waals surface area contributed by atoms with Crippen molar-refractivity contribution in [2.45, 2.75) is 25.4 Å². The zero-order valence-corrected chi connectivity index (χ0v) is 9.56. The second kappa shape index (κ2) is 5.63. The minimum absolute atomic E-state index is 0.172.